The Morgan fingerprint density at radius 1 is 1.17 bits per heavy atom. The number of amides is 3. The predicted octanol–water partition coefficient (Wildman–Crippen LogP) is 2.50. The van der Waals surface area contributed by atoms with Crippen LogP contribution in [0.2, 0.25) is 0 Å². The molecule has 7 heteroatoms. The van der Waals surface area contributed by atoms with Gasteiger partial charge in [0, 0.05) is 43.0 Å². The number of ether oxygens (including phenoxy) is 1. The average molecular weight is 394 g/mol. The minimum absolute atomic E-state index is 0.0387. The van der Waals surface area contributed by atoms with Gasteiger partial charge in [-0.05, 0) is 49.6 Å². The maximum Gasteiger partial charge on any atom is 0.315 e. The Hall–Kier alpha value is -3.09. The smallest absolute Gasteiger partial charge is 0.315 e. The predicted molar refractivity (Wildman–Crippen MR) is 109 cm³/mol. The number of aryl methyl sites for hydroxylation is 1. The molecule has 2 N–H and O–H groups in total. The van der Waals surface area contributed by atoms with Crippen LogP contribution in [0.1, 0.15) is 34.5 Å². The molecule has 152 valence electrons. The van der Waals surface area contributed by atoms with E-state index in [2.05, 4.69) is 15.6 Å². The van der Waals surface area contributed by atoms with Gasteiger partial charge in [0.1, 0.15) is 5.75 Å². The van der Waals surface area contributed by atoms with Crippen LogP contribution in [0.4, 0.5) is 4.79 Å². The molecule has 1 aromatic carbocycles. The third kappa shape index (κ3) is 4.18. The number of likely N-dealkylation sites (tertiary alicyclic amines) is 1. The lowest BCUT2D eigenvalue weighted by Crippen LogP contribution is -2.67. The van der Waals surface area contributed by atoms with E-state index in [-0.39, 0.29) is 23.4 Å². The highest BCUT2D eigenvalue weighted by molar-refractivity contribution is 5.94. The molecule has 2 aliphatic rings. The average Bonchev–Trinajstić information content (AvgIpc) is 2.67. The number of hydrogen-bond donors (Lipinski definition) is 2. The zero-order chi connectivity index (χ0) is 20.4. The fraction of sp³-hybridized carbons (Fsp3) is 0.409. The van der Waals surface area contributed by atoms with Gasteiger partial charge in [0.25, 0.3) is 5.91 Å². The van der Waals surface area contributed by atoms with E-state index >= 15 is 0 Å². The Balaban J connectivity index is 1.17. The van der Waals surface area contributed by atoms with Gasteiger partial charge in [-0.2, -0.15) is 0 Å². The summed E-state index contributed by atoms with van der Waals surface area (Å²) in [6.07, 6.45) is 3.47. The van der Waals surface area contributed by atoms with E-state index in [1.807, 2.05) is 48.2 Å². The molecule has 0 unspecified atom stereocenters. The van der Waals surface area contributed by atoms with Gasteiger partial charge in [0.05, 0.1) is 12.7 Å². The number of benzene rings is 1. The van der Waals surface area contributed by atoms with Crippen LogP contribution in [-0.4, -0.2) is 48.1 Å². The fourth-order valence-corrected chi connectivity index (χ4v) is 4.19. The normalized spacial score (nSPS) is 17.2. The number of hydrogen-bond acceptors (Lipinski definition) is 4. The zero-order valence-corrected chi connectivity index (χ0v) is 16.8. The summed E-state index contributed by atoms with van der Waals surface area (Å²) in [4.78, 5) is 30.7. The number of pyridine rings is 1. The molecule has 1 spiro atoms. The van der Waals surface area contributed by atoms with E-state index in [1.165, 1.54) is 0 Å². The first-order valence-electron chi connectivity index (χ1n) is 9.86. The Morgan fingerprint density at radius 2 is 1.90 bits per heavy atom. The molecular weight excluding hydrogens is 368 g/mol. The van der Waals surface area contributed by atoms with Crippen molar-refractivity contribution in [3.63, 3.8) is 0 Å². The first kappa shape index (κ1) is 19.2. The van der Waals surface area contributed by atoms with Crippen LogP contribution >= 0.6 is 0 Å². The molecule has 2 heterocycles. The van der Waals surface area contributed by atoms with Crippen molar-refractivity contribution in [2.75, 3.05) is 20.2 Å². The van der Waals surface area contributed by atoms with Gasteiger partial charge in [-0.1, -0.05) is 12.1 Å². The lowest BCUT2D eigenvalue weighted by Gasteiger charge is -2.59. The molecule has 2 fully saturated rings. The van der Waals surface area contributed by atoms with Crippen molar-refractivity contribution in [2.24, 2.45) is 5.41 Å². The van der Waals surface area contributed by atoms with Crippen molar-refractivity contribution >= 4 is 11.9 Å². The molecule has 1 aliphatic heterocycles. The minimum Gasteiger partial charge on any atom is -0.497 e. The van der Waals surface area contributed by atoms with Gasteiger partial charge in [0.2, 0.25) is 0 Å². The van der Waals surface area contributed by atoms with Crippen molar-refractivity contribution in [3.8, 4) is 5.75 Å². The van der Waals surface area contributed by atoms with Crippen LogP contribution in [0.15, 0.2) is 42.6 Å². The van der Waals surface area contributed by atoms with Crippen LogP contribution < -0.4 is 15.4 Å². The maximum absolute atomic E-state index is 12.5. The van der Waals surface area contributed by atoms with Crippen molar-refractivity contribution < 1.29 is 14.3 Å². The van der Waals surface area contributed by atoms with E-state index in [4.69, 9.17) is 4.74 Å². The van der Waals surface area contributed by atoms with Crippen molar-refractivity contribution in [2.45, 2.75) is 32.4 Å². The molecule has 3 amide bonds. The first-order valence-corrected chi connectivity index (χ1v) is 9.86. The molecule has 4 rings (SSSR count). The van der Waals surface area contributed by atoms with Gasteiger partial charge in [-0.25, -0.2) is 4.79 Å². The second kappa shape index (κ2) is 7.73. The summed E-state index contributed by atoms with van der Waals surface area (Å²) >= 11 is 0. The van der Waals surface area contributed by atoms with Gasteiger partial charge in [0.15, 0.2) is 0 Å². The summed E-state index contributed by atoms with van der Waals surface area (Å²) in [7, 11) is 1.63. The SMILES string of the molecule is COc1ccc(CNC(=O)NC2CC3(C2)CN(C(=O)c2ccc(C)nc2)C3)cc1. The fourth-order valence-electron chi connectivity index (χ4n) is 4.19. The van der Waals surface area contributed by atoms with Crippen molar-refractivity contribution in [1.82, 2.24) is 20.5 Å². The molecule has 2 aromatic rings. The van der Waals surface area contributed by atoms with E-state index in [1.54, 1.807) is 13.3 Å². The number of nitrogens with one attached hydrogen (secondary N) is 2. The Morgan fingerprint density at radius 3 is 2.52 bits per heavy atom. The lowest BCUT2D eigenvalue weighted by molar-refractivity contribution is -0.0585. The monoisotopic (exact) mass is 394 g/mol. The van der Waals surface area contributed by atoms with Crippen LogP contribution in [0.5, 0.6) is 5.75 Å². The number of urea groups is 1. The third-order valence-electron chi connectivity index (χ3n) is 5.80. The summed E-state index contributed by atoms with van der Waals surface area (Å²) in [5.41, 5.74) is 2.73. The van der Waals surface area contributed by atoms with E-state index in [0.29, 0.717) is 12.1 Å². The molecule has 0 atom stereocenters. The number of methoxy groups -OCH3 is 1. The third-order valence-corrected chi connectivity index (χ3v) is 5.80. The van der Waals surface area contributed by atoms with Gasteiger partial charge in [-0.3, -0.25) is 9.78 Å². The number of aromatic nitrogens is 1. The van der Waals surface area contributed by atoms with Gasteiger partial charge >= 0.3 is 6.03 Å². The number of nitrogens with zero attached hydrogens (tertiary/aromatic N) is 2. The van der Waals surface area contributed by atoms with Crippen LogP contribution in [0.3, 0.4) is 0 Å². The Kier molecular flexibility index (Phi) is 5.13. The molecule has 1 aromatic heterocycles. The highest BCUT2D eigenvalue weighted by Crippen LogP contribution is 2.48. The Labute approximate surface area is 170 Å². The van der Waals surface area contributed by atoms with Crippen LogP contribution in [-0.2, 0) is 6.54 Å². The molecule has 0 radical (unpaired) electrons. The number of rotatable bonds is 5. The molecule has 1 saturated carbocycles. The number of carbonyl (C=O) groups is 2. The van der Waals surface area contributed by atoms with E-state index < -0.39 is 0 Å². The highest BCUT2D eigenvalue weighted by Gasteiger charge is 2.54. The summed E-state index contributed by atoms with van der Waals surface area (Å²) in [6, 6.07) is 11.3. The zero-order valence-electron chi connectivity index (χ0n) is 16.8. The summed E-state index contributed by atoms with van der Waals surface area (Å²) in [5, 5.41) is 5.92. The highest BCUT2D eigenvalue weighted by atomic mass is 16.5. The minimum atomic E-state index is -0.154. The Bertz CT molecular complexity index is 881. The first-order chi connectivity index (χ1) is 14.0. The second-order valence-corrected chi connectivity index (χ2v) is 8.13. The quantitative estimate of drug-likeness (QED) is 0.816. The molecule has 29 heavy (non-hydrogen) atoms. The van der Waals surface area contributed by atoms with Gasteiger partial charge < -0.3 is 20.3 Å². The topological polar surface area (TPSA) is 83.6 Å². The molecule has 1 saturated heterocycles. The molecular formula is C22H26N4O3. The molecule has 0 bridgehead atoms. The van der Waals surface area contributed by atoms with E-state index in [9.17, 15) is 9.59 Å². The molecule has 7 nitrogen and oxygen atoms in total. The lowest BCUT2D eigenvalue weighted by atomic mass is 9.60. The maximum atomic E-state index is 12.5. The van der Waals surface area contributed by atoms with Crippen LogP contribution in [0.25, 0.3) is 0 Å². The molecule has 1 aliphatic carbocycles. The standard InChI is InChI=1S/C22H26N4O3/c1-15-3-6-17(12-23-15)20(27)26-13-22(14-26)9-18(10-22)25-21(28)24-11-16-4-7-19(29-2)8-5-16/h3-8,12,18H,9-11,13-14H2,1-2H3,(H2,24,25,28). The largest absolute Gasteiger partial charge is 0.497 e. The van der Waals surface area contributed by atoms with Crippen LogP contribution in [0, 0.1) is 12.3 Å². The summed E-state index contributed by atoms with van der Waals surface area (Å²) in [6.45, 7) is 3.89. The summed E-state index contributed by atoms with van der Waals surface area (Å²) in [5.74, 6) is 0.835. The van der Waals surface area contributed by atoms with Gasteiger partial charge in [-0.15, -0.1) is 0 Å². The summed E-state index contributed by atoms with van der Waals surface area (Å²) < 4.78 is 5.13. The van der Waals surface area contributed by atoms with Crippen molar-refractivity contribution in [3.05, 3.63) is 59.4 Å². The number of carbonyl (C=O) groups excluding carboxylic acids is 2. The second-order valence-electron chi connectivity index (χ2n) is 8.13. The van der Waals surface area contributed by atoms with E-state index in [0.717, 1.165) is 42.9 Å². The van der Waals surface area contributed by atoms with Crippen molar-refractivity contribution in [1.29, 1.82) is 0 Å².